The molecule has 15 heavy (non-hydrogen) atoms. The first-order chi connectivity index (χ1) is 7.01. The maximum Gasteiger partial charge on any atom is 0.205 e. The van der Waals surface area contributed by atoms with Crippen molar-refractivity contribution >= 4 is 21.7 Å². The molecule has 0 radical (unpaired) electrons. The van der Waals surface area contributed by atoms with E-state index >= 15 is 0 Å². The van der Waals surface area contributed by atoms with Crippen LogP contribution in [0.5, 0.6) is 5.75 Å². The molecule has 1 unspecified atom stereocenters. The SMILES string of the molecule is COc1ccc(C(=O)C(C)(Br)OC)cc1. The lowest BCUT2D eigenvalue weighted by Crippen LogP contribution is -2.30. The van der Waals surface area contributed by atoms with Crippen molar-refractivity contribution in [3.63, 3.8) is 0 Å². The summed E-state index contributed by atoms with van der Waals surface area (Å²) in [6.45, 7) is 1.67. The number of halogens is 1. The fourth-order valence-corrected chi connectivity index (χ4v) is 1.32. The van der Waals surface area contributed by atoms with Crippen molar-refractivity contribution in [2.24, 2.45) is 0 Å². The molecule has 3 nitrogen and oxygen atoms in total. The van der Waals surface area contributed by atoms with Gasteiger partial charge in [-0.25, -0.2) is 0 Å². The van der Waals surface area contributed by atoms with Crippen LogP contribution in [-0.2, 0) is 4.74 Å². The number of benzene rings is 1. The van der Waals surface area contributed by atoms with Gasteiger partial charge in [-0.2, -0.15) is 0 Å². The summed E-state index contributed by atoms with van der Waals surface area (Å²) in [5.74, 6) is 0.605. The highest BCUT2D eigenvalue weighted by Gasteiger charge is 2.30. The number of hydrogen-bond donors (Lipinski definition) is 0. The Balaban J connectivity index is 2.92. The van der Waals surface area contributed by atoms with Crippen LogP contribution in [0.25, 0.3) is 0 Å². The van der Waals surface area contributed by atoms with Crippen molar-refractivity contribution in [3.05, 3.63) is 29.8 Å². The molecule has 82 valence electrons. The Bertz CT molecular complexity index is 343. The summed E-state index contributed by atoms with van der Waals surface area (Å²) in [6.07, 6.45) is 0. The summed E-state index contributed by atoms with van der Waals surface area (Å²) in [5.41, 5.74) is 0.581. The van der Waals surface area contributed by atoms with Crippen LogP contribution in [0, 0.1) is 0 Å². The number of ether oxygens (including phenoxy) is 2. The van der Waals surface area contributed by atoms with Crippen LogP contribution < -0.4 is 4.74 Å². The van der Waals surface area contributed by atoms with E-state index in [-0.39, 0.29) is 5.78 Å². The molecule has 0 saturated heterocycles. The van der Waals surface area contributed by atoms with Crippen molar-refractivity contribution < 1.29 is 14.3 Å². The van der Waals surface area contributed by atoms with E-state index in [1.165, 1.54) is 7.11 Å². The minimum Gasteiger partial charge on any atom is -0.497 e. The molecule has 0 aliphatic heterocycles. The lowest BCUT2D eigenvalue weighted by molar-refractivity contribution is 0.0569. The normalized spacial score (nSPS) is 14.4. The molecule has 1 atom stereocenters. The summed E-state index contributed by atoms with van der Waals surface area (Å²) in [5, 5.41) is 0. The van der Waals surface area contributed by atoms with Gasteiger partial charge in [0.2, 0.25) is 5.78 Å². The van der Waals surface area contributed by atoms with E-state index < -0.39 is 4.51 Å². The third kappa shape index (κ3) is 2.79. The minimum atomic E-state index is -0.971. The third-order valence-electron chi connectivity index (χ3n) is 2.14. The zero-order chi connectivity index (χ0) is 11.5. The first-order valence-corrected chi connectivity index (χ1v) is 5.23. The van der Waals surface area contributed by atoms with Gasteiger partial charge < -0.3 is 9.47 Å². The van der Waals surface area contributed by atoms with E-state index in [2.05, 4.69) is 15.9 Å². The number of carbonyl (C=O) groups excluding carboxylic acids is 1. The zero-order valence-corrected chi connectivity index (χ0v) is 10.5. The van der Waals surface area contributed by atoms with Crippen LogP contribution in [-0.4, -0.2) is 24.5 Å². The molecule has 0 aromatic heterocycles. The Morgan fingerprint density at radius 2 is 1.80 bits per heavy atom. The molecule has 0 N–H and O–H groups in total. The first kappa shape index (κ1) is 12.2. The Morgan fingerprint density at radius 1 is 1.27 bits per heavy atom. The largest absolute Gasteiger partial charge is 0.497 e. The number of rotatable bonds is 4. The van der Waals surface area contributed by atoms with Crippen LogP contribution in [0.4, 0.5) is 0 Å². The second-order valence-corrected chi connectivity index (χ2v) is 4.69. The maximum atomic E-state index is 11.9. The minimum absolute atomic E-state index is 0.118. The average molecular weight is 273 g/mol. The predicted octanol–water partition coefficient (Wildman–Crippen LogP) is 2.64. The van der Waals surface area contributed by atoms with E-state index in [0.717, 1.165) is 5.75 Å². The highest BCUT2D eigenvalue weighted by molar-refractivity contribution is 9.10. The van der Waals surface area contributed by atoms with Gasteiger partial charge in [0.05, 0.1) is 7.11 Å². The second-order valence-electron chi connectivity index (χ2n) is 3.18. The van der Waals surface area contributed by atoms with Crippen LogP contribution in [0.15, 0.2) is 24.3 Å². The topological polar surface area (TPSA) is 35.5 Å². The number of carbonyl (C=O) groups is 1. The monoisotopic (exact) mass is 272 g/mol. The number of hydrogen-bond acceptors (Lipinski definition) is 3. The predicted molar refractivity (Wildman–Crippen MR) is 61.7 cm³/mol. The quantitative estimate of drug-likeness (QED) is 0.625. The summed E-state index contributed by atoms with van der Waals surface area (Å²) < 4.78 is 9.08. The molecular formula is C11H13BrO3. The van der Waals surface area contributed by atoms with Crippen LogP contribution in [0.2, 0.25) is 0 Å². The van der Waals surface area contributed by atoms with E-state index in [1.54, 1.807) is 38.3 Å². The zero-order valence-electron chi connectivity index (χ0n) is 8.91. The summed E-state index contributed by atoms with van der Waals surface area (Å²) in [4.78, 5) is 11.9. The Labute approximate surface area is 97.5 Å². The first-order valence-electron chi connectivity index (χ1n) is 4.44. The fraction of sp³-hybridized carbons (Fsp3) is 0.364. The van der Waals surface area contributed by atoms with Crippen molar-refractivity contribution in [2.45, 2.75) is 11.4 Å². The lowest BCUT2D eigenvalue weighted by atomic mass is 10.1. The molecule has 1 rings (SSSR count). The average Bonchev–Trinajstić information content (AvgIpc) is 2.28. The standard InChI is InChI=1S/C11H13BrO3/c1-11(12,15-3)10(13)8-4-6-9(14-2)7-5-8/h4-7H,1-3H3. The Kier molecular flexibility index (Phi) is 3.88. The molecule has 0 aliphatic rings. The second kappa shape index (κ2) is 4.77. The van der Waals surface area contributed by atoms with Crippen molar-refractivity contribution in [1.82, 2.24) is 0 Å². The van der Waals surface area contributed by atoms with E-state index in [1.807, 2.05) is 0 Å². The Morgan fingerprint density at radius 3 is 2.20 bits per heavy atom. The lowest BCUT2D eigenvalue weighted by Gasteiger charge is -2.18. The molecular weight excluding hydrogens is 260 g/mol. The van der Waals surface area contributed by atoms with Gasteiger partial charge in [-0.15, -0.1) is 0 Å². The van der Waals surface area contributed by atoms with Gasteiger partial charge in [0.15, 0.2) is 4.51 Å². The van der Waals surface area contributed by atoms with Crippen molar-refractivity contribution in [1.29, 1.82) is 0 Å². The van der Waals surface area contributed by atoms with Gasteiger partial charge in [0, 0.05) is 12.7 Å². The molecule has 4 heteroatoms. The molecule has 0 spiro atoms. The molecule has 0 amide bonds. The molecule has 0 bridgehead atoms. The molecule has 0 saturated carbocycles. The van der Waals surface area contributed by atoms with Gasteiger partial charge in [0.1, 0.15) is 5.75 Å². The number of Topliss-reactive ketones (excluding diaryl/α,β-unsaturated/α-hetero) is 1. The van der Waals surface area contributed by atoms with Gasteiger partial charge in [0.25, 0.3) is 0 Å². The third-order valence-corrected chi connectivity index (χ3v) is 2.82. The Hall–Kier alpha value is -0.870. The number of methoxy groups -OCH3 is 2. The van der Waals surface area contributed by atoms with Crippen molar-refractivity contribution in [2.75, 3.05) is 14.2 Å². The number of ketones is 1. The van der Waals surface area contributed by atoms with E-state index in [0.29, 0.717) is 5.56 Å². The van der Waals surface area contributed by atoms with E-state index in [4.69, 9.17) is 9.47 Å². The molecule has 0 aliphatic carbocycles. The fourth-order valence-electron chi connectivity index (χ4n) is 1.09. The summed E-state index contributed by atoms with van der Waals surface area (Å²) in [7, 11) is 3.07. The van der Waals surface area contributed by atoms with Crippen LogP contribution in [0.3, 0.4) is 0 Å². The molecule has 1 aromatic carbocycles. The number of alkyl halides is 1. The van der Waals surface area contributed by atoms with E-state index in [9.17, 15) is 4.79 Å². The summed E-state index contributed by atoms with van der Waals surface area (Å²) >= 11 is 3.22. The van der Waals surface area contributed by atoms with Gasteiger partial charge in [-0.1, -0.05) is 0 Å². The van der Waals surface area contributed by atoms with Gasteiger partial charge in [-0.3, -0.25) is 4.79 Å². The smallest absolute Gasteiger partial charge is 0.205 e. The van der Waals surface area contributed by atoms with Gasteiger partial charge >= 0.3 is 0 Å². The molecule has 0 fully saturated rings. The highest BCUT2D eigenvalue weighted by Crippen LogP contribution is 2.24. The van der Waals surface area contributed by atoms with Crippen LogP contribution in [0.1, 0.15) is 17.3 Å². The molecule has 0 heterocycles. The highest BCUT2D eigenvalue weighted by atomic mass is 79.9. The summed E-state index contributed by atoms with van der Waals surface area (Å²) in [6, 6.07) is 6.90. The van der Waals surface area contributed by atoms with Crippen LogP contribution >= 0.6 is 15.9 Å². The van der Waals surface area contributed by atoms with Crippen molar-refractivity contribution in [3.8, 4) is 5.75 Å². The maximum absolute atomic E-state index is 11.9. The molecule has 1 aromatic rings. The van der Waals surface area contributed by atoms with Gasteiger partial charge in [-0.05, 0) is 47.1 Å².